The highest BCUT2D eigenvalue weighted by atomic mass is 16.2. The number of Topliss-reactive ketones (excluding diaryl/α,β-unsaturated/α-hetero) is 4. The van der Waals surface area contributed by atoms with E-state index >= 15 is 0 Å². The van der Waals surface area contributed by atoms with Gasteiger partial charge in [-0.2, -0.15) is 0 Å². The number of rotatable bonds is 0. The predicted octanol–water partition coefficient (Wildman–Crippen LogP) is 0.929. The van der Waals surface area contributed by atoms with Crippen LogP contribution in [0.2, 0.25) is 0 Å². The maximum atomic E-state index is 12.2. The van der Waals surface area contributed by atoms with Gasteiger partial charge in [0, 0.05) is 6.42 Å². The van der Waals surface area contributed by atoms with Crippen LogP contribution < -0.4 is 0 Å². The zero-order valence-corrected chi connectivity index (χ0v) is 10.3. The van der Waals surface area contributed by atoms with Gasteiger partial charge in [-0.15, -0.1) is 0 Å². The van der Waals surface area contributed by atoms with E-state index in [4.69, 9.17) is 0 Å². The summed E-state index contributed by atoms with van der Waals surface area (Å²) in [4.78, 5) is 47.9. The highest BCUT2D eigenvalue weighted by Crippen LogP contribution is 2.44. The molecule has 0 fully saturated rings. The molecule has 0 heterocycles. The van der Waals surface area contributed by atoms with E-state index in [1.54, 1.807) is 12.2 Å². The van der Waals surface area contributed by atoms with Crippen molar-refractivity contribution in [3.63, 3.8) is 0 Å². The molecule has 3 aliphatic rings. The van der Waals surface area contributed by atoms with E-state index in [1.165, 1.54) is 0 Å². The molecule has 0 spiro atoms. The monoisotopic (exact) mass is 264 g/mol. The fourth-order valence-electron chi connectivity index (χ4n) is 3.21. The maximum absolute atomic E-state index is 12.2. The third-order valence-corrected chi connectivity index (χ3v) is 4.07. The standard InChI is InChI=1S/C16H8O4/c17-10-6-8-3-1-2-7-4-5-9-12(11(7)8)13(10)15(19)16(20)14(9)18/h1-5,9H,6H2. The number of carbonyl (C=O) groups is 4. The summed E-state index contributed by atoms with van der Waals surface area (Å²) in [7, 11) is 0. The lowest BCUT2D eigenvalue weighted by Gasteiger charge is -2.32. The minimum atomic E-state index is -1.07. The zero-order chi connectivity index (χ0) is 14.0. The number of hydrogen-bond donors (Lipinski definition) is 0. The van der Waals surface area contributed by atoms with Gasteiger partial charge in [-0.3, -0.25) is 19.2 Å². The minimum absolute atomic E-state index is 0.0797. The lowest BCUT2D eigenvalue weighted by atomic mass is 9.68. The fraction of sp³-hybridized carbons (Fsp3) is 0.125. The van der Waals surface area contributed by atoms with Crippen LogP contribution in [-0.4, -0.2) is 23.1 Å². The number of carbonyl (C=O) groups excluding carboxylic acids is 4. The molecule has 0 aliphatic heterocycles. The van der Waals surface area contributed by atoms with Crippen molar-refractivity contribution >= 4 is 34.8 Å². The van der Waals surface area contributed by atoms with Crippen molar-refractivity contribution in [1.29, 1.82) is 0 Å². The molecule has 0 saturated heterocycles. The molecular weight excluding hydrogens is 256 g/mol. The molecule has 4 rings (SSSR count). The Bertz CT molecular complexity index is 808. The summed E-state index contributed by atoms with van der Waals surface area (Å²) in [5, 5.41) is 0. The Labute approximate surface area is 113 Å². The summed E-state index contributed by atoms with van der Waals surface area (Å²) in [6.45, 7) is 0. The number of hydrogen-bond acceptors (Lipinski definition) is 4. The van der Waals surface area contributed by atoms with Gasteiger partial charge in [0.05, 0.1) is 11.5 Å². The van der Waals surface area contributed by atoms with Crippen molar-refractivity contribution < 1.29 is 19.2 Å². The molecule has 4 nitrogen and oxygen atoms in total. The van der Waals surface area contributed by atoms with E-state index in [1.807, 2.05) is 18.2 Å². The van der Waals surface area contributed by atoms with Gasteiger partial charge in [0.15, 0.2) is 5.78 Å². The van der Waals surface area contributed by atoms with Gasteiger partial charge in [0.1, 0.15) is 0 Å². The Balaban J connectivity index is 2.16. The van der Waals surface area contributed by atoms with Crippen LogP contribution in [0.1, 0.15) is 16.7 Å². The van der Waals surface area contributed by atoms with Gasteiger partial charge in [0.25, 0.3) is 5.78 Å². The molecule has 3 aliphatic carbocycles. The molecule has 1 aromatic rings. The molecule has 1 atom stereocenters. The molecule has 4 heteroatoms. The van der Waals surface area contributed by atoms with E-state index in [2.05, 4.69) is 0 Å². The smallest absolute Gasteiger partial charge is 0.270 e. The van der Waals surface area contributed by atoms with Crippen molar-refractivity contribution in [2.75, 3.05) is 0 Å². The van der Waals surface area contributed by atoms with E-state index in [0.717, 1.165) is 16.7 Å². The second-order valence-electron chi connectivity index (χ2n) is 5.13. The first-order valence-electron chi connectivity index (χ1n) is 6.30. The molecule has 0 N–H and O–H groups in total. The lowest BCUT2D eigenvalue weighted by Crippen LogP contribution is -2.42. The van der Waals surface area contributed by atoms with Crippen LogP contribution in [0, 0.1) is 5.92 Å². The van der Waals surface area contributed by atoms with Crippen molar-refractivity contribution in [3.8, 4) is 0 Å². The Hall–Kier alpha value is -2.62. The van der Waals surface area contributed by atoms with Gasteiger partial charge in [0.2, 0.25) is 11.6 Å². The highest BCUT2D eigenvalue weighted by Gasteiger charge is 2.47. The molecule has 0 amide bonds. The Morgan fingerprint density at radius 2 is 1.80 bits per heavy atom. The summed E-state index contributed by atoms with van der Waals surface area (Å²) in [5.74, 6) is -3.90. The Kier molecular flexibility index (Phi) is 1.95. The second kappa shape index (κ2) is 3.48. The van der Waals surface area contributed by atoms with Crippen LogP contribution in [0.3, 0.4) is 0 Å². The maximum Gasteiger partial charge on any atom is 0.270 e. The minimum Gasteiger partial charge on any atom is -0.294 e. The quantitative estimate of drug-likeness (QED) is 0.516. The van der Waals surface area contributed by atoms with Crippen LogP contribution in [0.5, 0.6) is 0 Å². The average Bonchev–Trinajstić information content (AvgIpc) is 2.44. The summed E-state index contributed by atoms with van der Waals surface area (Å²) in [5.41, 5.74) is 2.83. The molecule has 20 heavy (non-hydrogen) atoms. The van der Waals surface area contributed by atoms with Crippen molar-refractivity contribution in [1.82, 2.24) is 0 Å². The number of allylic oxidation sites excluding steroid dienone is 3. The summed E-state index contributed by atoms with van der Waals surface area (Å²) < 4.78 is 0. The van der Waals surface area contributed by atoms with Gasteiger partial charge < -0.3 is 0 Å². The van der Waals surface area contributed by atoms with Gasteiger partial charge in [-0.1, -0.05) is 30.4 Å². The first kappa shape index (κ1) is 11.2. The molecule has 0 aromatic heterocycles. The van der Waals surface area contributed by atoms with E-state index in [-0.39, 0.29) is 17.8 Å². The number of ketones is 4. The first-order valence-corrected chi connectivity index (χ1v) is 6.30. The van der Waals surface area contributed by atoms with Crippen LogP contribution in [0.25, 0.3) is 11.6 Å². The van der Waals surface area contributed by atoms with Crippen LogP contribution >= 0.6 is 0 Å². The van der Waals surface area contributed by atoms with Gasteiger partial charge in [-0.25, -0.2) is 0 Å². The van der Waals surface area contributed by atoms with Crippen LogP contribution in [0.15, 0.2) is 29.8 Å². The summed E-state index contributed by atoms with van der Waals surface area (Å²) >= 11 is 0. The molecule has 1 aromatic carbocycles. The highest BCUT2D eigenvalue weighted by molar-refractivity contribution is 6.73. The largest absolute Gasteiger partial charge is 0.294 e. The normalized spacial score (nSPS) is 23.3. The third-order valence-electron chi connectivity index (χ3n) is 4.07. The van der Waals surface area contributed by atoms with E-state index in [9.17, 15) is 19.2 Å². The lowest BCUT2D eigenvalue weighted by molar-refractivity contribution is -0.144. The topological polar surface area (TPSA) is 68.3 Å². The third kappa shape index (κ3) is 1.16. The Morgan fingerprint density at radius 3 is 2.60 bits per heavy atom. The number of benzene rings is 1. The van der Waals surface area contributed by atoms with Crippen molar-refractivity contribution in [2.45, 2.75) is 6.42 Å². The van der Waals surface area contributed by atoms with Crippen molar-refractivity contribution in [2.24, 2.45) is 5.92 Å². The first-order chi connectivity index (χ1) is 9.59. The zero-order valence-electron chi connectivity index (χ0n) is 10.3. The molecule has 0 bridgehead atoms. The van der Waals surface area contributed by atoms with E-state index < -0.39 is 23.3 Å². The molecular formula is C16H8O4. The molecule has 1 unspecified atom stereocenters. The van der Waals surface area contributed by atoms with Crippen molar-refractivity contribution in [3.05, 3.63) is 46.5 Å². The van der Waals surface area contributed by atoms with Gasteiger partial charge in [-0.05, 0) is 22.3 Å². The molecule has 0 saturated carbocycles. The van der Waals surface area contributed by atoms with Gasteiger partial charge >= 0.3 is 0 Å². The predicted molar refractivity (Wildman–Crippen MR) is 69.6 cm³/mol. The summed E-state index contributed by atoms with van der Waals surface area (Å²) in [6.07, 6.45) is 3.49. The SMILES string of the molecule is O=C1Cc2cccc3c2C2=C1C(=O)C(=O)C(=O)C2C=C3. The molecule has 0 radical (unpaired) electrons. The van der Waals surface area contributed by atoms with E-state index in [0.29, 0.717) is 5.57 Å². The molecule has 96 valence electrons. The summed E-state index contributed by atoms with van der Waals surface area (Å²) in [6, 6.07) is 5.54. The Morgan fingerprint density at radius 1 is 1.00 bits per heavy atom. The average molecular weight is 264 g/mol. The van der Waals surface area contributed by atoms with Crippen LogP contribution in [-0.2, 0) is 25.6 Å². The van der Waals surface area contributed by atoms with Crippen LogP contribution in [0.4, 0.5) is 0 Å². The fourth-order valence-corrected chi connectivity index (χ4v) is 3.21. The second-order valence-corrected chi connectivity index (χ2v) is 5.13.